The number of nitrogens with zero attached hydrogens (tertiary/aromatic N) is 2. The van der Waals surface area contributed by atoms with Crippen molar-refractivity contribution in [1.82, 2.24) is 4.90 Å². The molecule has 1 saturated carbocycles. The molecule has 108 valence electrons. The maximum atomic E-state index is 12.9. The molecule has 1 rings (SSSR count). The van der Waals surface area contributed by atoms with Crippen LogP contribution in [0.1, 0.15) is 72.1 Å². The van der Waals surface area contributed by atoms with Gasteiger partial charge in [0.1, 0.15) is 5.41 Å². The summed E-state index contributed by atoms with van der Waals surface area (Å²) >= 11 is 0. The van der Waals surface area contributed by atoms with Crippen LogP contribution >= 0.6 is 0 Å². The Bertz CT molecular complexity index is 326. The van der Waals surface area contributed by atoms with Crippen molar-refractivity contribution in [3.8, 4) is 6.07 Å². The molecule has 0 N–H and O–H groups in total. The van der Waals surface area contributed by atoms with Gasteiger partial charge in [-0.2, -0.15) is 5.26 Å². The molecule has 3 heteroatoms. The third-order valence-electron chi connectivity index (χ3n) is 4.47. The van der Waals surface area contributed by atoms with Crippen molar-refractivity contribution in [2.75, 3.05) is 6.54 Å². The van der Waals surface area contributed by atoms with Crippen molar-refractivity contribution in [2.45, 2.75) is 78.2 Å². The van der Waals surface area contributed by atoms with Gasteiger partial charge < -0.3 is 4.90 Å². The van der Waals surface area contributed by atoms with E-state index in [9.17, 15) is 10.1 Å². The number of unbranched alkanes of at least 4 members (excludes halogenated alkanes) is 1. The first-order chi connectivity index (χ1) is 9.11. The molecule has 0 heterocycles. The summed E-state index contributed by atoms with van der Waals surface area (Å²) in [6.07, 6.45) is 7.76. The highest BCUT2D eigenvalue weighted by Crippen LogP contribution is 2.38. The molecule has 0 aromatic heterocycles. The SMILES string of the molecule is CCCCN(C(=O)C1(C#N)CCCCC1)C(C)CC. The lowest BCUT2D eigenvalue weighted by Crippen LogP contribution is -2.48. The van der Waals surface area contributed by atoms with E-state index in [4.69, 9.17) is 0 Å². The Balaban J connectivity index is 2.86. The van der Waals surface area contributed by atoms with Gasteiger partial charge in [-0.25, -0.2) is 0 Å². The minimum Gasteiger partial charge on any atom is -0.339 e. The Morgan fingerprint density at radius 1 is 1.32 bits per heavy atom. The minimum atomic E-state index is -0.727. The Morgan fingerprint density at radius 2 is 1.95 bits per heavy atom. The maximum Gasteiger partial charge on any atom is 0.243 e. The average molecular weight is 264 g/mol. The maximum absolute atomic E-state index is 12.9. The minimum absolute atomic E-state index is 0.0949. The third-order valence-corrected chi connectivity index (χ3v) is 4.47. The Kier molecular flexibility index (Phi) is 6.34. The summed E-state index contributed by atoms with van der Waals surface area (Å²) in [6.45, 7) is 7.14. The zero-order valence-corrected chi connectivity index (χ0v) is 12.7. The highest BCUT2D eigenvalue weighted by molar-refractivity contribution is 5.85. The number of carbonyl (C=O) groups excluding carboxylic acids is 1. The van der Waals surface area contributed by atoms with E-state index >= 15 is 0 Å². The number of hydrogen-bond donors (Lipinski definition) is 0. The molecule has 19 heavy (non-hydrogen) atoms. The van der Waals surface area contributed by atoms with Crippen LogP contribution in [0.4, 0.5) is 0 Å². The zero-order chi connectivity index (χ0) is 14.3. The van der Waals surface area contributed by atoms with Crippen LogP contribution in [0.15, 0.2) is 0 Å². The molecule has 0 spiro atoms. The average Bonchev–Trinajstić information content (AvgIpc) is 2.47. The monoisotopic (exact) mass is 264 g/mol. The molecule has 1 fully saturated rings. The predicted octanol–water partition coefficient (Wildman–Crippen LogP) is 3.89. The fraction of sp³-hybridized carbons (Fsp3) is 0.875. The lowest BCUT2D eigenvalue weighted by atomic mass is 9.74. The molecular formula is C16H28N2O. The van der Waals surface area contributed by atoms with E-state index < -0.39 is 5.41 Å². The first kappa shape index (κ1) is 16.0. The van der Waals surface area contributed by atoms with Crippen molar-refractivity contribution in [3.05, 3.63) is 0 Å². The molecule has 1 unspecified atom stereocenters. The summed E-state index contributed by atoms with van der Waals surface area (Å²) in [5.41, 5.74) is -0.727. The standard InChI is InChI=1S/C16H28N2O/c1-4-6-12-18(14(3)5-2)15(19)16(13-17)10-8-7-9-11-16/h14H,4-12H2,1-3H3. The van der Waals surface area contributed by atoms with Crippen LogP contribution in [-0.2, 0) is 4.79 Å². The van der Waals surface area contributed by atoms with Crippen molar-refractivity contribution in [2.24, 2.45) is 5.41 Å². The lowest BCUT2D eigenvalue weighted by Gasteiger charge is -2.37. The Labute approximate surface area is 118 Å². The van der Waals surface area contributed by atoms with Gasteiger partial charge in [0.25, 0.3) is 0 Å². The van der Waals surface area contributed by atoms with Crippen LogP contribution < -0.4 is 0 Å². The van der Waals surface area contributed by atoms with E-state index in [0.29, 0.717) is 0 Å². The van der Waals surface area contributed by atoms with Gasteiger partial charge in [0.05, 0.1) is 6.07 Å². The van der Waals surface area contributed by atoms with E-state index in [0.717, 1.165) is 57.9 Å². The smallest absolute Gasteiger partial charge is 0.243 e. The first-order valence-corrected chi connectivity index (χ1v) is 7.83. The van der Waals surface area contributed by atoms with E-state index in [2.05, 4.69) is 26.8 Å². The summed E-state index contributed by atoms with van der Waals surface area (Å²) in [4.78, 5) is 14.8. The van der Waals surface area contributed by atoms with E-state index in [1.54, 1.807) is 0 Å². The lowest BCUT2D eigenvalue weighted by molar-refractivity contribution is -0.142. The highest BCUT2D eigenvalue weighted by Gasteiger charge is 2.43. The predicted molar refractivity (Wildman–Crippen MR) is 77.5 cm³/mol. The summed E-state index contributed by atoms with van der Waals surface area (Å²) in [7, 11) is 0. The van der Waals surface area contributed by atoms with Crippen LogP contribution in [0.3, 0.4) is 0 Å². The summed E-state index contributed by atoms with van der Waals surface area (Å²) < 4.78 is 0. The summed E-state index contributed by atoms with van der Waals surface area (Å²) in [6, 6.07) is 2.60. The second-order valence-corrected chi connectivity index (χ2v) is 5.86. The van der Waals surface area contributed by atoms with E-state index in [1.807, 2.05) is 4.90 Å². The van der Waals surface area contributed by atoms with Crippen LogP contribution in [0.25, 0.3) is 0 Å². The first-order valence-electron chi connectivity index (χ1n) is 7.83. The molecular weight excluding hydrogens is 236 g/mol. The van der Waals surface area contributed by atoms with Gasteiger partial charge in [0.2, 0.25) is 5.91 Å². The largest absolute Gasteiger partial charge is 0.339 e. The molecule has 1 aliphatic carbocycles. The van der Waals surface area contributed by atoms with Gasteiger partial charge in [-0.15, -0.1) is 0 Å². The van der Waals surface area contributed by atoms with Crippen LogP contribution in [0, 0.1) is 16.7 Å². The van der Waals surface area contributed by atoms with Crippen molar-refractivity contribution >= 4 is 5.91 Å². The molecule has 0 saturated heterocycles. The van der Waals surface area contributed by atoms with Gasteiger partial charge in [0.15, 0.2) is 0 Å². The number of amides is 1. The van der Waals surface area contributed by atoms with Gasteiger partial charge in [0, 0.05) is 12.6 Å². The summed E-state index contributed by atoms with van der Waals surface area (Å²) in [5.74, 6) is 0.0949. The molecule has 0 radical (unpaired) electrons. The number of nitriles is 1. The van der Waals surface area contributed by atoms with Crippen molar-refractivity contribution < 1.29 is 4.79 Å². The van der Waals surface area contributed by atoms with E-state index in [-0.39, 0.29) is 11.9 Å². The van der Waals surface area contributed by atoms with Crippen LogP contribution in [0.5, 0.6) is 0 Å². The van der Waals surface area contributed by atoms with Gasteiger partial charge in [-0.3, -0.25) is 4.79 Å². The molecule has 1 amide bonds. The topological polar surface area (TPSA) is 44.1 Å². The van der Waals surface area contributed by atoms with Gasteiger partial charge in [-0.05, 0) is 32.6 Å². The molecule has 0 bridgehead atoms. The fourth-order valence-electron chi connectivity index (χ4n) is 2.87. The Hall–Kier alpha value is -1.04. The second-order valence-electron chi connectivity index (χ2n) is 5.86. The highest BCUT2D eigenvalue weighted by atomic mass is 16.2. The second kappa shape index (κ2) is 7.53. The van der Waals surface area contributed by atoms with Crippen LogP contribution in [0.2, 0.25) is 0 Å². The third kappa shape index (κ3) is 3.72. The molecule has 0 aliphatic heterocycles. The van der Waals surface area contributed by atoms with Crippen molar-refractivity contribution in [1.29, 1.82) is 5.26 Å². The molecule has 1 aliphatic rings. The number of rotatable bonds is 6. The zero-order valence-electron chi connectivity index (χ0n) is 12.7. The quantitative estimate of drug-likeness (QED) is 0.730. The molecule has 1 atom stereocenters. The normalized spacial score (nSPS) is 19.5. The van der Waals surface area contributed by atoms with Crippen LogP contribution in [-0.4, -0.2) is 23.4 Å². The van der Waals surface area contributed by atoms with Gasteiger partial charge >= 0.3 is 0 Å². The Morgan fingerprint density at radius 3 is 2.42 bits per heavy atom. The molecule has 0 aromatic carbocycles. The summed E-state index contributed by atoms with van der Waals surface area (Å²) in [5, 5.41) is 9.54. The molecule has 3 nitrogen and oxygen atoms in total. The fourth-order valence-corrected chi connectivity index (χ4v) is 2.87. The number of carbonyl (C=O) groups is 1. The van der Waals surface area contributed by atoms with Gasteiger partial charge in [-0.1, -0.05) is 39.5 Å². The van der Waals surface area contributed by atoms with E-state index in [1.165, 1.54) is 0 Å². The number of hydrogen-bond acceptors (Lipinski definition) is 2. The molecule has 0 aromatic rings. The van der Waals surface area contributed by atoms with Crippen molar-refractivity contribution in [3.63, 3.8) is 0 Å².